The molecule has 0 N–H and O–H groups in total. The Hall–Kier alpha value is -2.17. The van der Waals surface area contributed by atoms with Crippen molar-refractivity contribution >= 4 is 17.8 Å². The molecule has 1 aliphatic heterocycles. The van der Waals surface area contributed by atoms with E-state index in [4.69, 9.17) is 4.74 Å². The fourth-order valence-corrected chi connectivity index (χ4v) is 4.92. The zero-order chi connectivity index (χ0) is 19.0. The number of likely N-dealkylation sites (tertiary alicyclic amines) is 1. The minimum absolute atomic E-state index is 0.0374. The van der Waals surface area contributed by atoms with Crippen LogP contribution in [0.1, 0.15) is 56.9 Å². The summed E-state index contributed by atoms with van der Waals surface area (Å²) in [7, 11) is 0. The van der Waals surface area contributed by atoms with Crippen molar-refractivity contribution < 1.29 is 19.1 Å². The molecule has 1 aromatic carbocycles. The van der Waals surface area contributed by atoms with Gasteiger partial charge in [-0.15, -0.1) is 0 Å². The summed E-state index contributed by atoms with van der Waals surface area (Å²) in [5, 5.41) is 0. The highest BCUT2D eigenvalue weighted by molar-refractivity contribution is 6.05. The van der Waals surface area contributed by atoms with Gasteiger partial charge in [-0.1, -0.05) is 30.5 Å². The van der Waals surface area contributed by atoms with Crippen LogP contribution in [-0.4, -0.2) is 28.7 Å². The Labute approximate surface area is 160 Å². The molecule has 2 amide bonds. The molecule has 3 fully saturated rings. The van der Waals surface area contributed by atoms with Crippen molar-refractivity contribution in [1.82, 2.24) is 4.90 Å². The number of benzene rings is 1. The molecule has 0 radical (unpaired) electrons. The molecule has 2 atom stereocenters. The van der Waals surface area contributed by atoms with Crippen LogP contribution in [0.2, 0.25) is 0 Å². The van der Waals surface area contributed by atoms with Crippen molar-refractivity contribution in [2.45, 2.75) is 64.3 Å². The second-order valence-corrected chi connectivity index (χ2v) is 8.28. The van der Waals surface area contributed by atoms with Crippen molar-refractivity contribution in [3.8, 4) is 5.75 Å². The first-order valence-corrected chi connectivity index (χ1v) is 10.2. The number of esters is 1. The van der Waals surface area contributed by atoms with Crippen molar-refractivity contribution in [2.24, 2.45) is 17.8 Å². The summed E-state index contributed by atoms with van der Waals surface area (Å²) < 4.78 is 5.50. The van der Waals surface area contributed by atoms with Gasteiger partial charge >= 0.3 is 5.97 Å². The fourth-order valence-electron chi connectivity index (χ4n) is 4.92. The van der Waals surface area contributed by atoms with Crippen LogP contribution in [0.4, 0.5) is 0 Å². The number of imide groups is 1. The third kappa shape index (κ3) is 3.52. The lowest BCUT2D eigenvalue weighted by molar-refractivity contribution is -0.144. The van der Waals surface area contributed by atoms with Gasteiger partial charge in [0.15, 0.2) is 0 Å². The summed E-state index contributed by atoms with van der Waals surface area (Å²) in [5.41, 5.74) is 1.12. The number of carbonyl (C=O) groups excluding carboxylic acids is 3. The summed E-state index contributed by atoms with van der Waals surface area (Å²) in [6.45, 7) is 1.99. The standard InChI is InChI=1S/C22H27NO4/c1-14-6-12-17(13-7-14)27-22(26)15-8-10-16(11-9-15)23-20(24)18-4-2-3-5-19(18)21(23)25/h6-7,12-13,15-16,18-19H,2-5,8-11H2,1H3/t15?,16?,18-,19+. The number of aryl methyl sites for hydroxylation is 1. The normalized spacial score (nSPS) is 30.9. The van der Waals surface area contributed by atoms with Crippen molar-refractivity contribution in [3.05, 3.63) is 29.8 Å². The van der Waals surface area contributed by atoms with Gasteiger partial charge in [0.2, 0.25) is 11.8 Å². The minimum atomic E-state index is -0.204. The molecule has 5 heteroatoms. The lowest BCUT2D eigenvalue weighted by Gasteiger charge is -2.32. The fraction of sp³-hybridized carbons (Fsp3) is 0.591. The lowest BCUT2D eigenvalue weighted by Crippen LogP contribution is -2.43. The minimum Gasteiger partial charge on any atom is -0.426 e. The summed E-state index contributed by atoms with van der Waals surface area (Å²) in [4.78, 5) is 39.5. The van der Waals surface area contributed by atoms with E-state index in [1.807, 2.05) is 31.2 Å². The van der Waals surface area contributed by atoms with Gasteiger partial charge in [-0.3, -0.25) is 19.3 Å². The SMILES string of the molecule is Cc1ccc(OC(=O)C2CCC(N3C(=O)[C@H]4CCCC[C@H]4C3=O)CC2)cc1. The molecule has 1 heterocycles. The van der Waals surface area contributed by atoms with Gasteiger partial charge in [-0.05, 0) is 57.6 Å². The smallest absolute Gasteiger partial charge is 0.314 e. The van der Waals surface area contributed by atoms with E-state index in [9.17, 15) is 14.4 Å². The molecular formula is C22H27NO4. The molecule has 3 aliphatic rings. The molecular weight excluding hydrogens is 342 g/mol. The van der Waals surface area contributed by atoms with Crippen molar-refractivity contribution in [1.29, 1.82) is 0 Å². The first-order chi connectivity index (χ1) is 13.0. The molecule has 144 valence electrons. The van der Waals surface area contributed by atoms with Gasteiger partial charge in [-0.2, -0.15) is 0 Å². The van der Waals surface area contributed by atoms with E-state index in [1.165, 1.54) is 0 Å². The molecule has 2 aliphatic carbocycles. The maximum Gasteiger partial charge on any atom is 0.314 e. The number of ether oxygens (including phenoxy) is 1. The van der Waals surface area contributed by atoms with Gasteiger partial charge in [0.25, 0.3) is 0 Å². The molecule has 1 saturated heterocycles. The average molecular weight is 369 g/mol. The largest absolute Gasteiger partial charge is 0.426 e. The second-order valence-electron chi connectivity index (χ2n) is 8.28. The van der Waals surface area contributed by atoms with E-state index in [1.54, 1.807) is 4.90 Å². The Morgan fingerprint density at radius 3 is 2.00 bits per heavy atom. The topological polar surface area (TPSA) is 63.7 Å². The summed E-state index contributed by atoms with van der Waals surface area (Å²) in [6, 6.07) is 7.41. The van der Waals surface area contributed by atoms with Gasteiger partial charge < -0.3 is 4.74 Å². The van der Waals surface area contributed by atoms with Crippen LogP contribution in [0.15, 0.2) is 24.3 Å². The van der Waals surface area contributed by atoms with Gasteiger partial charge in [0, 0.05) is 6.04 Å². The van der Waals surface area contributed by atoms with E-state index in [0.717, 1.165) is 31.2 Å². The summed E-state index contributed by atoms with van der Waals surface area (Å²) in [5.74, 6) is 0.112. The van der Waals surface area contributed by atoms with Gasteiger partial charge in [0.05, 0.1) is 17.8 Å². The Morgan fingerprint density at radius 2 is 1.44 bits per heavy atom. The van der Waals surface area contributed by atoms with Crippen molar-refractivity contribution in [2.75, 3.05) is 0 Å². The third-order valence-electron chi connectivity index (χ3n) is 6.51. The van der Waals surface area contributed by atoms with E-state index < -0.39 is 0 Å². The number of fused-ring (bicyclic) bond motifs is 1. The van der Waals surface area contributed by atoms with Crippen LogP contribution in [-0.2, 0) is 14.4 Å². The lowest BCUT2D eigenvalue weighted by atomic mass is 9.81. The maximum absolute atomic E-state index is 12.7. The summed E-state index contributed by atoms with van der Waals surface area (Å²) >= 11 is 0. The number of hydrogen-bond donors (Lipinski definition) is 0. The van der Waals surface area contributed by atoms with Crippen LogP contribution in [0.3, 0.4) is 0 Å². The van der Waals surface area contributed by atoms with E-state index in [2.05, 4.69) is 0 Å². The second kappa shape index (κ2) is 7.45. The highest BCUT2D eigenvalue weighted by Crippen LogP contribution is 2.41. The molecule has 27 heavy (non-hydrogen) atoms. The number of carbonyl (C=O) groups is 3. The number of nitrogens with zero attached hydrogens (tertiary/aromatic N) is 1. The highest BCUT2D eigenvalue weighted by Gasteiger charge is 2.50. The molecule has 0 bridgehead atoms. The van der Waals surface area contributed by atoms with Crippen LogP contribution >= 0.6 is 0 Å². The monoisotopic (exact) mass is 369 g/mol. The Bertz CT molecular complexity index is 709. The first kappa shape index (κ1) is 18.2. The number of amides is 2. The van der Waals surface area contributed by atoms with Crippen LogP contribution in [0, 0.1) is 24.7 Å². The molecule has 0 spiro atoms. The number of hydrogen-bond acceptors (Lipinski definition) is 4. The van der Waals surface area contributed by atoms with Crippen molar-refractivity contribution in [3.63, 3.8) is 0 Å². The average Bonchev–Trinajstić information content (AvgIpc) is 2.95. The molecule has 4 rings (SSSR count). The summed E-state index contributed by atoms with van der Waals surface area (Å²) in [6.07, 6.45) is 6.53. The predicted octanol–water partition coefficient (Wildman–Crippen LogP) is 3.63. The van der Waals surface area contributed by atoms with E-state index >= 15 is 0 Å². The van der Waals surface area contributed by atoms with Gasteiger partial charge in [-0.25, -0.2) is 0 Å². The molecule has 0 aromatic heterocycles. The third-order valence-corrected chi connectivity index (χ3v) is 6.51. The van der Waals surface area contributed by atoms with E-state index in [0.29, 0.717) is 31.4 Å². The van der Waals surface area contributed by atoms with Crippen LogP contribution in [0.25, 0.3) is 0 Å². The number of rotatable bonds is 3. The first-order valence-electron chi connectivity index (χ1n) is 10.2. The highest BCUT2D eigenvalue weighted by atomic mass is 16.5. The maximum atomic E-state index is 12.7. The Balaban J connectivity index is 1.34. The van der Waals surface area contributed by atoms with Crippen LogP contribution in [0.5, 0.6) is 5.75 Å². The van der Waals surface area contributed by atoms with Gasteiger partial charge in [0.1, 0.15) is 5.75 Å². The Kier molecular flexibility index (Phi) is 5.02. The van der Waals surface area contributed by atoms with Crippen LogP contribution < -0.4 is 4.74 Å². The quantitative estimate of drug-likeness (QED) is 0.464. The molecule has 5 nitrogen and oxygen atoms in total. The molecule has 1 aromatic rings. The zero-order valence-corrected chi connectivity index (χ0v) is 15.9. The molecule has 2 saturated carbocycles. The van der Waals surface area contributed by atoms with E-state index in [-0.39, 0.29) is 41.6 Å². The molecule has 0 unspecified atom stereocenters. The Morgan fingerprint density at radius 1 is 0.889 bits per heavy atom. The predicted molar refractivity (Wildman–Crippen MR) is 99.9 cm³/mol. The zero-order valence-electron chi connectivity index (χ0n) is 15.9.